The number of carbonyl (C=O) groups is 5. The number of ether oxygens (including phenoxy) is 5. The third-order valence-electron chi connectivity index (χ3n) is 11.7. The summed E-state index contributed by atoms with van der Waals surface area (Å²) in [6.07, 6.45) is 1.76. The van der Waals surface area contributed by atoms with Gasteiger partial charge in [0.2, 0.25) is 17.7 Å². The third kappa shape index (κ3) is 11.4. The number of anilines is 2. The van der Waals surface area contributed by atoms with Gasteiger partial charge in [-0.25, -0.2) is 14.4 Å². The molecular weight excluding hydrogens is 884 g/mol. The number of piperazine rings is 1. The Labute approximate surface area is 390 Å². The summed E-state index contributed by atoms with van der Waals surface area (Å²) in [6, 6.07) is 16.5. The van der Waals surface area contributed by atoms with Gasteiger partial charge < -0.3 is 39.2 Å². The molecule has 21 heteroatoms. The van der Waals surface area contributed by atoms with E-state index in [4.69, 9.17) is 23.7 Å². The lowest BCUT2D eigenvalue weighted by molar-refractivity contribution is -0.136. The molecule has 5 aromatic rings. The second-order valence-corrected chi connectivity index (χ2v) is 16.1. The Balaban J connectivity index is 0.626. The van der Waals surface area contributed by atoms with Crippen LogP contribution in [0.2, 0.25) is 0 Å². The van der Waals surface area contributed by atoms with Crippen molar-refractivity contribution in [1.82, 2.24) is 40.6 Å². The Hall–Kier alpha value is -6.91. The molecule has 2 fully saturated rings. The number of aromatic nitrogens is 4. The summed E-state index contributed by atoms with van der Waals surface area (Å²) in [5.74, 6) is -2.14. The number of nitrogens with one attached hydrogen (secondary N) is 4. The summed E-state index contributed by atoms with van der Waals surface area (Å²) in [6.45, 7) is 7.28. The molecule has 2 saturated heterocycles. The van der Waals surface area contributed by atoms with Crippen LogP contribution in [0.25, 0.3) is 33.7 Å². The number of H-pyrrole nitrogens is 1. The molecule has 5 heterocycles. The first-order valence-electron chi connectivity index (χ1n) is 22.5. The number of carbonyl (C=O) groups excluding carboxylic acids is 5. The van der Waals surface area contributed by atoms with E-state index in [-0.39, 0.29) is 41.3 Å². The molecule has 3 aromatic carbocycles. The fraction of sp³-hybridized carbons (Fsp3) is 0.404. The van der Waals surface area contributed by atoms with Gasteiger partial charge in [-0.15, -0.1) is 0 Å². The van der Waals surface area contributed by atoms with Gasteiger partial charge in [0.15, 0.2) is 5.82 Å². The number of amides is 5. The van der Waals surface area contributed by atoms with E-state index in [1.54, 1.807) is 36.5 Å². The van der Waals surface area contributed by atoms with Crippen LogP contribution in [0.4, 0.5) is 15.8 Å². The average molecular weight is 937 g/mol. The smallest absolute Gasteiger partial charge is 0.262 e. The molecule has 68 heavy (non-hydrogen) atoms. The zero-order valence-electron chi connectivity index (χ0n) is 37.6. The number of piperidine rings is 1. The lowest BCUT2D eigenvalue weighted by Gasteiger charge is -2.35. The topological polar surface area (TPSA) is 232 Å². The molecular formula is C47H53FN10O10. The van der Waals surface area contributed by atoms with Crippen LogP contribution in [-0.2, 0) is 33.3 Å². The van der Waals surface area contributed by atoms with Gasteiger partial charge in [0.25, 0.3) is 11.8 Å². The molecule has 0 radical (unpaired) electrons. The standard InChI is InChI=1S/C47H53FN10O10/c1-64-38-4-2-3-35(48)41(38)44-51-28-36-43(53-44)42(55-54-36)30-5-8-32(9-6-30)57-17-15-56(16-18-57)29-40(60)50-14-20-66-22-24-68-26-25-67-23-21-65-19-13-49-31-7-10-33-34(27-31)47(63)58(46(33)62)37-11-12-39(59)52-45(37)61/h2-10,27-28,37,49H,11-26,29H2,1H3,(H,50,60)(H,54,55)(H,52,59,61). The van der Waals surface area contributed by atoms with E-state index in [0.717, 1.165) is 42.3 Å². The second-order valence-electron chi connectivity index (χ2n) is 16.1. The molecule has 1 atom stereocenters. The van der Waals surface area contributed by atoms with Gasteiger partial charge in [-0.1, -0.05) is 18.2 Å². The van der Waals surface area contributed by atoms with E-state index in [1.165, 1.54) is 13.2 Å². The second kappa shape index (κ2) is 22.7. The SMILES string of the molecule is COc1cccc(F)c1-c1ncc2[nH]nc(-c3ccc(N4CCN(CC(=O)NCCOCCOCCOCCOCCNc5ccc6c(c5)C(=O)N(C5CCC(=O)NC5=O)C6=O)CC4)cc3)c2n1. The number of imide groups is 2. The van der Waals surface area contributed by atoms with Gasteiger partial charge in [0.05, 0.1) is 89.4 Å². The first-order valence-corrected chi connectivity index (χ1v) is 22.5. The van der Waals surface area contributed by atoms with Crippen molar-refractivity contribution < 1.29 is 52.0 Å². The minimum Gasteiger partial charge on any atom is -0.496 e. The highest BCUT2D eigenvalue weighted by Crippen LogP contribution is 2.34. The van der Waals surface area contributed by atoms with Crippen molar-refractivity contribution in [1.29, 1.82) is 0 Å². The largest absolute Gasteiger partial charge is 0.496 e. The maximum Gasteiger partial charge on any atom is 0.262 e. The van der Waals surface area contributed by atoms with E-state index in [0.29, 0.717) is 101 Å². The molecule has 3 aliphatic rings. The minimum atomic E-state index is -1.01. The van der Waals surface area contributed by atoms with E-state index in [1.807, 2.05) is 24.3 Å². The van der Waals surface area contributed by atoms with Gasteiger partial charge in [0.1, 0.15) is 34.3 Å². The fourth-order valence-corrected chi connectivity index (χ4v) is 8.15. The highest BCUT2D eigenvalue weighted by molar-refractivity contribution is 6.23. The van der Waals surface area contributed by atoms with Crippen LogP contribution < -0.4 is 25.6 Å². The van der Waals surface area contributed by atoms with Crippen LogP contribution in [0.1, 0.15) is 33.6 Å². The van der Waals surface area contributed by atoms with Gasteiger partial charge in [-0.3, -0.25) is 44.2 Å². The summed E-state index contributed by atoms with van der Waals surface area (Å²) in [7, 11) is 1.48. The zero-order chi connectivity index (χ0) is 47.4. The van der Waals surface area contributed by atoms with E-state index in [9.17, 15) is 28.4 Å². The fourth-order valence-electron chi connectivity index (χ4n) is 8.15. The molecule has 1 unspecified atom stereocenters. The maximum absolute atomic E-state index is 14.8. The molecule has 4 N–H and O–H groups in total. The number of hydrogen-bond acceptors (Lipinski definition) is 16. The first-order chi connectivity index (χ1) is 33.2. The quantitative estimate of drug-likeness (QED) is 0.0545. The van der Waals surface area contributed by atoms with Crippen LogP contribution in [-0.4, -0.2) is 171 Å². The number of nitrogens with zero attached hydrogens (tertiary/aromatic N) is 6. The van der Waals surface area contributed by atoms with Crippen molar-refractivity contribution in [2.45, 2.75) is 18.9 Å². The summed E-state index contributed by atoms with van der Waals surface area (Å²) < 4.78 is 42.5. The van der Waals surface area contributed by atoms with Gasteiger partial charge >= 0.3 is 0 Å². The number of benzene rings is 3. The van der Waals surface area contributed by atoms with E-state index in [2.05, 4.69) is 45.9 Å². The highest BCUT2D eigenvalue weighted by Gasteiger charge is 2.44. The number of hydrogen-bond donors (Lipinski definition) is 4. The number of methoxy groups -OCH3 is 1. The van der Waals surface area contributed by atoms with Crippen LogP contribution in [0.3, 0.4) is 0 Å². The van der Waals surface area contributed by atoms with Gasteiger partial charge in [-0.05, 0) is 48.9 Å². The van der Waals surface area contributed by atoms with Gasteiger partial charge in [-0.2, -0.15) is 5.10 Å². The molecule has 5 amide bonds. The van der Waals surface area contributed by atoms with Crippen molar-refractivity contribution in [3.05, 3.63) is 83.8 Å². The molecule has 0 spiro atoms. The molecule has 358 valence electrons. The summed E-state index contributed by atoms with van der Waals surface area (Å²) in [5.41, 5.74) is 5.00. The summed E-state index contributed by atoms with van der Waals surface area (Å²) in [4.78, 5) is 76.6. The van der Waals surface area contributed by atoms with Crippen molar-refractivity contribution >= 4 is 51.9 Å². The Morgan fingerprint density at radius 2 is 1.51 bits per heavy atom. The molecule has 20 nitrogen and oxygen atoms in total. The Bertz CT molecular complexity index is 2600. The minimum absolute atomic E-state index is 0.0520. The highest BCUT2D eigenvalue weighted by atomic mass is 19.1. The van der Waals surface area contributed by atoms with Crippen LogP contribution in [0.5, 0.6) is 5.75 Å². The molecule has 3 aliphatic heterocycles. The average Bonchev–Trinajstić information content (AvgIpc) is 3.88. The predicted molar refractivity (Wildman–Crippen MR) is 246 cm³/mol. The van der Waals surface area contributed by atoms with Crippen LogP contribution >= 0.6 is 0 Å². The number of aromatic amines is 1. The van der Waals surface area contributed by atoms with Crippen LogP contribution in [0, 0.1) is 5.82 Å². The normalized spacial score (nSPS) is 16.4. The zero-order valence-corrected chi connectivity index (χ0v) is 37.6. The number of halogens is 1. The maximum atomic E-state index is 14.8. The van der Waals surface area contributed by atoms with E-state index >= 15 is 0 Å². The number of rotatable bonds is 23. The Morgan fingerprint density at radius 1 is 0.824 bits per heavy atom. The van der Waals surface area contributed by atoms with Crippen molar-refractivity contribution in [3.8, 4) is 28.4 Å². The van der Waals surface area contributed by atoms with Crippen molar-refractivity contribution in [2.75, 3.05) is 116 Å². The van der Waals surface area contributed by atoms with Gasteiger partial charge in [0, 0.05) is 62.6 Å². The van der Waals surface area contributed by atoms with Crippen molar-refractivity contribution in [3.63, 3.8) is 0 Å². The molecule has 2 aromatic heterocycles. The van der Waals surface area contributed by atoms with Crippen LogP contribution in [0.15, 0.2) is 66.9 Å². The number of fused-ring (bicyclic) bond motifs is 2. The summed E-state index contributed by atoms with van der Waals surface area (Å²) in [5, 5.41) is 15.7. The molecule has 8 rings (SSSR count). The first kappa shape index (κ1) is 47.6. The third-order valence-corrected chi connectivity index (χ3v) is 11.7. The summed E-state index contributed by atoms with van der Waals surface area (Å²) >= 11 is 0. The molecule has 0 saturated carbocycles. The monoisotopic (exact) mass is 936 g/mol. The lowest BCUT2D eigenvalue weighted by atomic mass is 10.0. The predicted octanol–water partition coefficient (Wildman–Crippen LogP) is 2.65. The lowest BCUT2D eigenvalue weighted by Crippen LogP contribution is -2.54. The van der Waals surface area contributed by atoms with E-state index < -0.39 is 35.5 Å². The molecule has 0 aliphatic carbocycles. The van der Waals surface area contributed by atoms with Crippen molar-refractivity contribution in [2.24, 2.45) is 0 Å². The Kier molecular flexibility index (Phi) is 15.9. The molecule has 0 bridgehead atoms. The Morgan fingerprint density at radius 3 is 2.22 bits per heavy atom.